The maximum Gasteiger partial charge on any atom is 0.0607 e. The zero-order chi connectivity index (χ0) is 15.6. The number of rotatable bonds is 5. The minimum Gasteiger partial charge on any atom is -0.309 e. The van der Waals surface area contributed by atoms with E-state index in [0.29, 0.717) is 6.04 Å². The van der Waals surface area contributed by atoms with E-state index in [1.165, 1.54) is 27.9 Å². The van der Waals surface area contributed by atoms with Gasteiger partial charge in [0.2, 0.25) is 0 Å². The molecule has 2 rings (SSSR count). The van der Waals surface area contributed by atoms with Crippen LogP contribution in [-0.4, -0.2) is 16.3 Å². The highest BCUT2D eigenvalue weighted by atomic mass is 15.3. The maximum absolute atomic E-state index is 4.61. The van der Waals surface area contributed by atoms with E-state index in [0.717, 1.165) is 18.8 Å². The van der Waals surface area contributed by atoms with Crippen molar-refractivity contribution in [2.75, 3.05) is 6.54 Å². The Morgan fingerprint density at radius 1 is 1.05 bits per heavy atom. The monoisotopic (exact) mass is 285 g/mol. The molecular formula is C18H27N3. The summed E-state index contributed by atoms with van der Waals surface area (Å²) in [5.74, 6) is 0. The Labute approximate surface area is 128 Å². The van der Waals surface area contributed by atoms with Gasteiger partial charge in [-0.3, -0.25) is 4.68 Å². The van der Waals surface area contributed by atoms with Gasteiger partial charge in [-0.05, 0) is 63.9 Å². The van der Waals surface area contributed by atoms with Crippen molar-refractivity contribution in [1.82, 2.24) is 15.1 Å². The van der Waals surface area contributed by atoms with Crippen LogP contribution in [0.15, 0.2) is 18.2 Å². The molecule has 0 saturated carbocycles. The van der Waals surface area contributed by atoms with E-state index < -0.39 is 0 Å². The molecule has 0 aliphatic carbocycles. The molecule has 1 heterocycles. The number of aryl methyl sites for hydroxylation is 5. The van der Waals surface area contributed by atoms with Gasteiger partial charge in [0.25, 0.3) is 0 Å². The van der Waals surface area contributed by atoms with Gasteiger partial charge < -0.3 is 5.32 Å². The van der Waals surface area contributed by atoms with E-state index in [1.807, 2.05) is 6.92 Å². The normalized spacial score (nSPS) is 12.7. The highest BCUT2D eigenvalue weighted by molar-refractivity contribution is 5.39. The van der Waals surface area contributed by atoms with Gasteiger partial charge in [0.1, 0.15) is 0 Å². The summed E-state index contributed by atoms with van der Waals surface area (Å²) in [5.41, 5.74) is 7.77. The molecule has 1 aromatic carbocycles. The largest absolute Gasteiger partial charge is 0.309 e. The molecule has 0 saturated heterocycles. The zero-order valence-electron chi connectivity index (χ0n) is 14.1. The Morgan fingerprint density at radius 2 is 1.67 bits per heavy atom. The predicted molar refractivity (Wildman–Crippen MR) is 88.8 cm³/mol. The maximum atomic E-state index is 4.61. The average molecular weight is 285 g/mol. The molecule has 0 aliphatic heterocycles. The molecule has 3 heteroatoms. The van der Waals surface area contributed by atoms with E-state index in [4.69, 9.17) is 0 Å². The molecule has 0 spiro atoms. The molecule has 1 unspecified atom stereocenters. The summed E-state index contributed by atoms with van der Waals surface area (Å²) >= 11 is 0. The van der Waals surface area contributed by atoms with Crippen molar-refractivity contribution >= 4 is 0 Å². The Hall–Kier alpha value is -1.61. The molecule has 1 N–H and O–H groups in total. The predicted octanol–water partition coefficient (Wildman–Crippen LogP) is 3.78. The SMILES string of the molecule is CCNC(Cn1nc(C)cc1C)c1c(C)cc(C)cc1C. The number of hydrogen-bond donors (Lipinski definition) is 1. The van der Waals surface area contributed by atoms with E-state index >= 15 is 0 Å². The second-order valence-electron chi connectivity index (χ2n) is 6.03. The van der Waals surface area contributed by atoms with Crippen LogP contribution in [0.2, 0.25) is 0 Å². The zero-order valence-corrected chi connectivity index (χ0v) is 14.1. The van der Waals surface area contributed by atoms with Crippen LogP contribution in [0.4, 0.5) is 0 Å². The minimum atomic E-state index is 0.300. The van der Waals surface area contributed by atoms with E-state index in [1.54, 1.807) is 0 Å². The first-order valence-corrected chi connectivity index (χ1v) is 7.74. The average Bonchev–Trinajstić information content (AvgIpc) is 2.66. The molecule has 0 bridgehead atoms. The number of nitrogens with zero attached hydrogens (tertiary/aromatic N) is 2. The molecule has 0 radical (unpaired) electrons. The number of hydrogen-bond acceptors (Lipinski definition) is 2. The summed E-state index contributed by atoms with van der Waals surface area (Å²) in [7, 11) is 0. The fourth-order valence-electron chi connectivity index (χ4n) is 3.28. The van der Waals surface area contributed by atoms with Crippen LogP contribution in [0.25, 0.3) is 0 Å². The molecule has 0 amide bonds. The Balaban J connectivity index is 2.37. The summed E-state index contributed by atoms with van der Waals surface area (Å²) in [6.07, 6.45) is 0. The lowest BCUT2D eigenvalue weighted by Crippen LogP contribution is -2.27. The van der Waals surface area contributed by atoms with Gasteiger partial charge in [0.05, 0.1) is 18.3 Å². The van der Waals surface area contributed by atoms with Crippen LogP contribution in [0, 0.1) is 34.6 Å². The Bertz CT molecular complexity index is 602. The molecule has 0 aliphatic rings. The molecule has 21 heavy (non-hydrogen) atoms. The van der Waals surface area contributed by atoms with Crippen LogP contribution >= 0.6 is 0 Å². The lowest BCUT2D eigenvalue weighted by molar-refractivity contribution is 0.438. The third-order valence-electron chi connectivity index (χ3n) is 4.00. The van der Waals surface area contributed by atoms with Crippen molar-refractivity contribution < 1.29 is 0 Å². The summed E-state index contributed by atoms with van der Waals surface area (Å²) < 4.78 is 2.11. The molecule has 114 valence electrons. The molecule has 3 nitrogen and oxygen atoms in total. The van der Waals surface area contributed by atoms with Gasteiger partial charge in [-0.2, -0.15) is 5.10 Å². The quantitative estimate of drug-likeness (QED) is 0.906. The molecule has 1 aromatic heterocycles. The first-order chi connectivity index (χ1) is 9.92. The first kappa shape index (κ1) is 15.8. The topological polar surface area (TPSA) is 29.9 Å². The summed E-state index contributed by atoms with van der Waals surface area (Å²) in [4.78, 5) is 0. The number of aromatic nitrogens is 2. The van der Waals surface area contributed by atoms with E-state index in [9.17, 15) is 0 Å². The van der Waals surface area contributed by atoms with Crippen LogP contribution < -0.4 is 5.32 Å². The van der Waals surface area contributed by atoms with Gasteiger partial charge in [0, 0.05) is 5.69 Å². The van der Waals surface area contributed by atoms with Gasteiger partial charge in [0.15, 0.2) is 0 Å². The van der Waals surface area contributed by atoms with Gasteiger partial charge in [-0.15, -0.1) is 0 Å². The van der Waals surface area contributed by atoms with Gasteiger partial charge in [-0.25, -0.2) is 0 Å². The summed E-state index contributed by atoms with van der Waals surface area (Å²) in [6.45, 7) is 14.7. The highest BCUT2D eigenvalue weighted by Gasteiger charge is 2.17. The molecular weight excluding hydrogens is 258 g/mol. The molecule has 0 fully saturated rings. The van der Waals surface area contributed by atoms with Crippen LogP contribution in [0.1, 0.15) is 46.6 Å². The smallest absolute Gasteiger partial charge is 0.0607 e. The highest BCUT2D eigenvalue weighted by Crippen LogP contribution is 2.25. The van der Waals surface area contributed by atoms with E-state index in [-0.39, 0.29) is 0 Å². The standard InChI is InChI=1S/C18H27N3/c1-7-19-17(11-21-16(6)10-15(5)20-21)18-13(3)8-12(2)9-14(18)4/h8-10,17,19H,7,11H2,1-6H3. The van der Waals surface area contributed by atoms with Crippen molar-refractivity contribution in [3.8, 4) is 0 Å². The molecule has 2 aromatic rings. The number of likely N-dealkylation sites (N-methyl/N-ethyl adjacent to an activating group) is 1. The van der Waals surface area contributed by atoms with Crippen molar-refractivity contribution in [3.05, 3.63) is 51.8 Å². The van der Waals surface area contributed by atoms with Crippen molar-refractivity contribution in [1.29, 1.82) is 0 Å². The first-order valence-electron chi connectivity index (χ1n) is 7.74. The number of nitrogens with one attached hydrogen (secondary N) is 1. The Morgan fingerprint density at radius 3 is 2.14 bits per heavy atom. The van der Waals surface area contributed by atoms with Gasteiger partial charge in [-0.1, -0.05) is 24.6 Å². The third kappa shape index (κ3) is 3.53. The number of benzene rings is 1. The minimum absolute atomic E-state index is 0.300. The lowest BCUT2D eigenvalue weighted by atomic mass is 9.94. The third-order valence-corrected chi connectivity index (χ3v) is 4.00. The Kier molecular flexibility index (Phi) is 4.84. The van der Waals surface area contributed by atoms with Crippen molar-refractivity contribution in [2.45, 2.75) is 54.1 Å². The van der Waals surface area contributed by atoms with Crippen molar-refractivity contribution in [2.24, 2.45) is 0 Å². The second kappa shape index (κ2) is 6.44. The fourth-order valence-corrected chi connectivity index (χ4v) is 3.28. The van der Waals surface area contributed by atoms with Crippen molar-refractivity contribution in [3.63, 3.8) is 0 Å². The van der Waals surface area contributed by atoms with Crippen LogP contribution in [0.5, 0.6) is 0 Å². The molecule has 1 atom stereocenters. The second-order valence-corrected chi connectivity index (χ2v) is 6.03. The lowest BCUT2D eigenvalue weighted by Gasteiger charge is -2.23. The van der Waals surface area contributed by atoms with Gasteiger partial charge >= 0.3 is 0 Å². The van der Waals surface area contributed by atoms with Crippen LogP contribution in [0.3, 0.4) is 0 Å². The fraction of sp³-hybridized carbons (Fsp3) is 0.500. The van der Waals surface area contributed by atoms with Crippen LogP contribution in [-0.2, 0) is 6.54 Å². The summed E-state index contributed by atoms with van der Waals surface area (Å²) in [5, 5.41) is 8.24. The summed E-state index contributed by atoms with van der Waals surface area (Å²) in [6, 6.07) is 6.98. The van der Waals surface area contributed by atoms with E-state index in [2.05, 4.69) is 67.9 Å².